The van der Waals surface area contributed by atoms with E-state index in [-0.39, 0.29) is 12.5 Å². The molecule has 0 aliphatic heterocycles. The Hall–Kier alpha value is -2.80. The van der Waals surface area contributed by atoms with E-state index in [2.05, 4.69) is 22.0 Å². The van der Waals surface area contributed by atoms with E-state index in [0.717, 1.165) is 10.4 Å². The van der Waals surface area contributed by atoms with Crippen LogP contribution in [0.4, 0.5) is 0 Å². The van der Waals surface area contributed by atoms with Crippen molar-refractivity contribution in [3.8, 4) is 11.4 Å². The fourth-order valence-corrected chi connectivity index (χ4v) is 2.95. The number of amides is 1. The number of tetrazole rings is 1. The van der Waals surface area contributed by atoms with Crippen LogP contribution in [0.25, 0.3) is 11.4 Å². The van der Waals surface area contributed by atoms with E-state index in [9.17, 15) is 4.79 Å². The Balaban J connectivity index is 1.68. The normalized spacial score (nSPS) is 10.5. The molecule has 3 rings (SSSR count). The van der Waals surface area contributed by atoms with Gasteiger partial charge in [-0.2, -0.15) is 4.80 Å². The first-order valence-corrected chi connectivity index (χ1v) is 8.38. The maximum absolute atomic E-state index is 12.5. The second kappa shape index (κ2) is 7.65. The molecule has 122 valence electrons. The lowest BCUT2D eigenvalue weighted by molar-refractivity contribution is -0.132. The summed E-state index contributed by atoms with van der Waals surface area (Å²) in [6.07, 6.45) is 1.72. The summed E-state index contributed by atoms with van der Waals surface area (Å²) in [6, 6.07) is 13.5. The molecule has 0 atom stereocenters. The summed E-state index contributed by atoms with van der Waals surface area (Å²) >= 11 is 1.62. The first-order valence-electron chi connectivity index (χ1n) is 7.50. The number of carbonyl (C=O) groups is 1. The standard InChI is InChI=1S/C17H17N5OS/c1-2-10-21(12-15-9-6-11-24-15)16(23)13-22-19-17(18-20-22)14-7-4-3-5-8-14/h2-9,11H,1,10,12-13H2. The minimum absolute atomic E-state index is 0.0546. The summed E-state index contributed by atoms with van der Waals surface area (Å²) in [7, 11) is 0. The van der Waals surface area contributed by atoms with Gasteiger partial charge in [0.25, 0.3) is 0 Å². The molecule has 2 aromatic heterocycles. The summed E-state index contributed by atoms with van der Waals surface area (Å²) in [6.45, 7) is 4.82. The van der Waals surface area contributed by atoms with Gasteiger partial charge >= 0.3 is 0 Å². The molecule has 0 saturated carbocycles. The topological polar surface area (TPSA) is 63.9 Å². The van der Waals surface area contributed by atoms with Crippen LogP contribution in [-0.4, -0.2) is 37.6 Å². The van der Waals surface area contributed by atoms with Crippen molar-refractivity contribution in [2.45, 2.75) is 13.1 Å². The minimum atomic E-state index is -0.0692. The van der Waals surface area contributed by atoms with E-state index in [1.54, 1.807) is 22.3 Å². The molecule has 0 aliphatic rings. The van der Waals surface area contributed by atoms with Gasteiger partial charge in [0.05, 0.1) is 6.54 Å². The molecule has 6 nitrogen and oxygen atoms in total. The van der Waals surface area contributed by atoms with Crippen molar-refractivity contribution >= 4 is 17.2 Å². The van der Waals surface area contributed by atoms with Crippen LogP contribution in [0.3, 0.4) is 0 Å². The minimum Gasteiger partial charge on any atom is -0.332 e. The lowest BCUT2D eigenvalue weighted by Crippen LogP contribution is -2.34. The van der Waals surface area contributed by atoms with Gasteiger partial charge in [-0.15, -0.1) is 28.1 Å². The molecule has 1 amide bonds. The summed E-state index contributed by atoms with van der Waals surface area (Å²) in [5, 5.41) is 14.3. The van der Waals surface area contributed by atoms with E-state index >= 15 is 0 Å². The van der Waals surface area contributed by atoms with E-state index in [4.69, 9.17) is 0 Å². The average molecular weight is 339 g/mol. The molecule has 24 heavy (non-hydrogen) atoms. The third-order valence-electron chi connectivity index (χ3n) is 3.39. The number of hydrogen-bond acceptors (Lipinski definition) is 5. The molecule has 0 N–H and O–H groups in total. The van der Waals surface area contributed by atoms with Crippen molar-refractivity contribution in [1.82, 2.24) is 25.1 Å². The molecule has 0 spiro atoms. The quantitative estimate of drug-likeness (QED) is 0.621. The summed E-state index contributed by atoms with van der Waals surface area (Å²) < 4.78 is 0. The number of benzene rings is 1. The number of nitrogens with zero attached hydrogens (tertiary/aromatic N) is 5. The molecule has 0 fully saturated rings. The third-order valence-corrected chi connectivity index (χ3v) is 4.25. The first-order chi connectivity index (χ1) is 11.8. The zero-order valence-electron chi connectivity index (χ0n) is 13.1. The van der Waals surface area contributed by atoms with E-state index in [1.807, 2.05) is 47.8 Å². The van der Waals surface area contributed by atoms with Crippen LogP contribution in [0.1, 0.15) is 4.88 Å². The molecular weight excluding hydrogens is 322 g/mol. The Morgan fingerprint density at radius 2 is 2.08 bits per heavy atom. The highest BCUT2D eigenvalue weighted by atomic mass is 32.1. The zero-order chi connectivity index (χ0) is 16.8. The smallest absolute Gasteiger partial charge is 0.246 e. The SMILES string of the molecule is C=CCN(Cc1cccs1)C(=O)Cn1nnc(-c2ccccc2)n1. The van der Waals surface area contributed by atoms with Gasteiger partial charge in [-0.25, -0.2) is 0 Å². The van der Waals surface area contributed by atoms with Crippen molar-refractivity contribution in [2.24, 2.45) is 0 Å². The van der Waals surface area contributed by atoms with Gasteiger partial charge in [0.15, 0.2) is 0 Å². The van der Waals surface area contributed by atoms with Crippen LogP contribution >= 0.6 is 11.3 Å². The maximum atomic E-state index is 12.5. The highest BCUT2D eigenvalue weighted by molar-refractivity contribution is 7.09. The molecule has 0 bridgehead atoms. The van der Waals surface area contributed by atoms with Crippen LogP contribution < -0.4 is 0 Å². The molecule has 1 aromatic carbocycles. The van der Waals surface area contributed by atoms with Crippen LogP contribution in [0.15, 0.2) is 60.5 Å². The Labute approximate surface area is 144 Å². The van der Waals surface area contributed by atoms with Gasteiger partial charge in [0.2, 0.25) is 11.7 Å². The summed E-state index contributed by atoms with van der Waals surface area (Å²) in [5.74, 6) is 0.442. The van der Waals surface area contributed by atoms with Gasteiger partial charge in [-0.3, -0.25) is 4.79 Å². The molecule has 0 aliphatic carbocycles. The Bertz CT molecular complexity index is 798. The highest BCUT2D eigenvalue weighted by Crippen LogP contribution is 2.13. The van der Waals surface area contributed by atoms with Gasteiger partial charge in [-0.1, -0.05) is 42.5 Å². The Kier molecular flexibility index (Phi) is 5.12. The van der Waals surface area contributed by atoms with Crippen LogP contribution in [0.2, 0.25) is 0 Å². The van der Waals surface area contributed by atoms with Crippen LogP contribution in [0.5, 0.6) is 0 Å². The molecule has 0 saturated heterocycles. The zero-order valence-corrected chi connectivity index (χ0v) is 13.9. The van der Waals surface area contributed by atoms with Gasteiger partial charge < -0.3 is 4.90 Å². The fraction of sp³-hybridized carbons (Fsp3) is 0.176. The van der Waals surface area contributed by atoms with E-state index in [0.29, 0.717) is 18.9 Å². The third kappa shape index (κ3) is 3.94. The highest BCUT2D eigenvalue weighted by Gasteiger charge is 2.16. The molecule has 0 radical (unpaired) electrons. The predicted octanol–water partition coefficient (Wildman–Crippen LogP) is 2.62. The van der Waals surface area contributed by atoms with E-state index in [1.165, 1.54) is 4.80 Å². The second-order valence-electron chi connectivity index (χ2n) is 5.15. The number of hydrogen-bond donors (Lipinski definition) is 0. The van der Waals surface area contributed by atoms with Gasteiger partial charge in [0.1, 0.15) is 6.54 Å². The molecule has 0 unspecified atom stereocenters. The van der Waals surface area contributed by atoms with Crippen molar-refractivity contribution in [2.75, 3.05) is 6.54 Å². The average Bonchev–Trinajstić information content (AvgIpc) is 3.27. The maximum Gasteiger partial charge on any atom is 0.246 e. The molecule has 7 heteroatoms. The predicted molar refractivity (Wildman–Crippen MR) is 93.2 cm³/mol. The summed E-state index contributed by atoms with van der Waals surface area (Å²) in [4.78, 5) is 16.7. The Morgan fingerprint density at radius 3 is 2.79 bits per heavy atom. The molecular formula is C17H17N5OS. The Morgan fingerprint density at radius 1 is 1.25 bits per heavy atom. The monoisotopic (exact) mass is 339 g/mol. The summed E-state index contributed by atoms with van der Waals surface area (Å²) in [5.41, 5.74) is 0.873. The number of carbonyl (C=O) groups excluding carboxylic acids is 1. The van der Waals surface area contributed by atoms with Crippen molar-refractivity contribution in [3.63, 3.8) is 0 Å². The number of thiophene rings is 1. The largest absolute Gasteiger partial charge is 0.332 e. The first kappa shape index (κ1) is 16.1. The van der Waals surface area contributed by atoms with Crippen molar-refractivity contribution in [3.05, 3.63) is 65.4 Å². The van der Waals surface area contributed by atoms with Crippen molar-refractivity contribution < 1.29 is 4.79 Å². The number of aromatic nitrogens is 4. The van der Waals surface area contributed by atoms with Gasteiger partial charge in [-0.05, 0) is 16.7 Å². The second-order valence-corrected chi connectivity index (χ2v) is 6.18. The fourth-order valence-electron chi connectivity index (χ4n) is 2.24. The van der Waals surface area contributed by atoms with Crippen molar-refractivity contribution in [1.29, 1.82) is 0 Å². The lowest BCUT2D eigenvalue weighted by Gasteiger charge is -2.19. The lowest BCUT2D eigenvalue weighted by atomic mass is 10.2. The number of rotatable bonds is 7. The molecule has 2 heterocycles. The van der Waals surface area contributed by atoms with E-state index < -0.39 is 0 Å². The van der Waals surface area contributed by atoms with Crippen LogP contribution in [-0.2, 0) is 17.9 Å². The van der Waals surface area contributed by atoms with Gasteiger partial charge in [0, 0.05) is 17.0 Å². The van der Waals surface area contributed by atoms with Crippen LogP contribution in [0, 0.1) is 0 Å². The molecule has 3 aromatic rings.